The first-order valence-corrected chi connectivity index (χ1v) is 5.21. The van der Waals surface area contributed by atoms with Gasteiger partial charge in [-0.15, -0.1) is 0 Å². The van der Waals surface area contributed by atoms with Gasteiger partial charge in [-0.1, -0.05) is 0 Å². The largest absolute Gasteiger partial charge is 0.480 e. The summed E-state index contributed by atoms with van der Waals surface area (Å²) >= 11 is 0. The quantitative estimate of drug-likeness (QED) is 0.781. The highest BCUT2D eigenvalue weighted by atomic mass is 16.5. The molecule has 1 saturated heterocycles. The molecule has 16 heavy (non-hydrogen) atoms. The van der Waals surface area contributed by atoms with E-state index in [1.807, 2.05) is 7.05 Å². The van der Waals surface area contributed by atoms with Gasteiger partial charge in [-0.25, -0.2) is 9.78 Å². The second-order valence-electron chi connectivity index (χ2n) is 3.99. The molecular formula is C10H15N3O3. The number of nitrogens with one attached hydrogen (secondary N) is 1. The number of hydrogen-bond donors (Lipinski definition) is 2. The van der Waals surface area contributed by atoms with Gasteiger partial charge >= 0.3 is 5.97 Å². The second-order valence-corrected chi connectivity index (χ2v) is 3.99. The van der Waals surface area contributed by atoms with Crippen LogP contribution < -0.4 is 5.32 Å². The number of rotatable bonds is 3. The van der Waals surface area contributed by atoms with Gasteiger partial charge < -0.3 is 19.7 Å². The summed E-state index contributed by atoms with van der Waals surface area (Å²) in [6, 6.07) is 0. The highest BCUT2D eigenvalue weighted by molar-refractivity contribution is 5.82. The van der Waals surface area contributed by atoms with Crippen molar-refractivity contribution in [2.75, 3.05) is 18.5 Å². The third kappa shape index (κ3) is 1.88. The number of carboxylic acid groups (broad SMARTS) is 1. The molecular weight excluding hydrogens is 210 g/mol. The molecule has 2 rings (SSSR count). The molecule has 1 aliphatic heterocycles. The zero-order valence-corrected chi connectivity index (χ0v) is 9.14. The molecule has 1 fully saturated rings. The maximum Gasteiger partial charge on any atom is 0.329 e. The first kappa shape index (κ1) is 10.9. The topological polar surface area (TPSA) is 76.4 Å². The average Bonchev–Trinajstić information content (AvgIpc) is 2.65. The first-order valence-electron chi connectivity index (χ1n) is 5.21. The Balaban J connectivity index is 2.20. The Kier molecular flexibility index (Phi) is 2.82. The van der Waals surface area contributed by atoms with Gasteiger partial charge in [0.05, 0.1) is 0 Å². The van der Waals surface area contributed by atoms with Gasteiger partial charge in [0.1, 0.15) is 5.54 Å². The Hall–Kier alpha value is -1.56. The van der Waals surface area contributed by atoms with Gasteiger partial charge in [-0.3, -0.25) is 0 Å². The Morgan fingerprint density at radius 3 is 2.81 bits per heavy atom. The SMILES string of the molecule is Cn1ccnc1NC1(C(=O)O)CCOCC1. The molecule has 1 aromatic rings. The van der Waals surface area contributed by atoms with E-state index in [0.717, 1.165) is 0 Å². The summed E-state index contributed by atoms with van der Waals surface area (Å²) in [5.74, 6) is -0.275. The van der Waals surface area contributed by atoms with Crippen molar-refractivity contribution >= 4 is 11.9 Å². The molecule has 0 spiro atoms. The van der Waals surface area contributed by atoms with Crippen LogP contribution in [0.4, 0.5) is 5.95 Å². The Labute approximate surface area is 93.2 Å². The van der Waals surface area contributed by atoms with Crippen molar-refractivity contribution in [2.24, 2.45) is 7.05 Å². The van der Waals surface area contributed by atoms with E-state index < -0.39 is 11.5 Å². The van der Waals surface area contributed by atoms with Crippen LogP contribution in [0.2, 0.25) is 0 Å². The van der Waals surface area contributed by atoms with Crippen LogP contribution in [0.3, 0.4) is 0 Å². The van der Waals surface area contributed by atoms with Gasteiger partial charge in [0.2, 0.25) is 5.95 Å². The molecule has 1 aliphatic rings. The highest BCUT2D eigenvalue weighted by Crippen LogP contribution is 2.25. The minimum atomic E-state index is -0.947. The predicted octanol–water partition coefficient (Wildman–Crippen LogP) is 0.466. The van der Waals surface area contributed by atoms with Crippen LogP contribution in [0.5, 0.6) is 0 Å². The molecule has 6 nitrogen and oxygen atoms in total. The van der Waals surface area contributed by atoms with Gasteiger partial charge in [0, 0.05) is 45.5 Å². The molecule has 0 bridgehead atoms. The highest BCUT2D eigenvalue weighted by Gasteiger charge is 2.40. The fourth-order valence-electron chi connectivity index (χ4n) is 1.81. The van der Waals surface area contributed by atoms with E-state index >= 15 is 0 Å². The zero-order chi connectivity index (χ0) is 11.6. The molecule has 0 radical (unpaired) electrons. The van der Waals surface area contributed by atoms with Crippen LogP contribution in [-0.4, -0.2) is 39.4 Å². The van der Waals surface area contributed by atoms with Crippen molar-refractivity contribution in [2.45, 2.75) is 18.4 Å². The number of aromatic nitrogens is 2. The van der Waals surface area contributed by atoms with Gasteiger partial charge in [-0.2, -0.15) is 0 Å². The van der Waals surface area contributed by atoms with Crippen molar-refractivity contribution in [1.82, 2.24) is 9.55 Å². The molecule has 0 unspecified atom stereocenters. The summed E-state index contributed by atoms with van der Waals surface area (Å²) in [5.41, 5.74) is -0.947. The number of carboxylic acids is 1. The molecule has 2 heterocycles. The van der Waals surface area contributed by atoms with E-state index in [-0.39, 0.29) is 0 Å². The number of carbonyl (C=O) groups is 1. The number of hydrogen-bond acceptors (Lipinski definition) is 4. The normalized spacial score (nSPS) is 19.3. The Morgan fingerprint density at radius 2 is 2.31 bits per heavy atom. The van der Waals surface area contributed by atoms with E-state index in [1.165, 1.54) is 0 Å². The summed E-state index contributed by atoms with van der Waals surface area (Å²) in [4.78, 5) is 15.4. The molecule has 6 heteroatoms. The summed E-state index contributed by atoms with van der Waals surface area (Å²) in [5, 5.41) is 12.3. The van der Waals surface area contributed by atoms with E-state index in [1.54, 1.807) is 17.0 Å². The van der Waals surface area contributed by atoms with Crippen LogP contribution in [0.1, 0.15) is 12.8 Å². The zero-order valence-electron chi connectivity index (χ0n) is 9.14. The van der Waals surface area contributed by atoms with E-state index in [4.69, 9.17) is 4.74 Å². The predicted molar refractivity (Wildman–Crippen MR) is 57.3 cm³/mol. The molecule has 0 saturated carbocycles. The summed E-state index contributed by atoms with van der Waals surface area (Å²) in [6.07, 6.45) is 4.32. The number of anilines is 1. The van der Waals surface area contributed by atoms with Crippen LogP contribution in [0.25, 0.3) is 0 Å². The minimum Gasteiger partial charge on any atom is -0.480 e. The van der Waals surface area contributed by atoms with Gasteiger partial charge in [0.15, 0.2) is 0 Å². The molecule has 0 amide bonds. The molecule has 2 N–H and O–H groups in total. The maximum atomic E-state index is 11.4. The lowest BCUT2D eigenvalue weighted by Crippen LogP contribution is -2.51. The van der Waals surface area contributed by atoms with Crippen molar-refractivity contribution in [3.8, 4) is 0 Å². The molecule has 0 atom stereocenters. The molecule has 88 valence electrons. The van der Waals surface area contributed by atoms with Crippen LogP contribution in [-0.2, 0) is 16.6 Å². The summed E-state index contributed by atoms with van der Waals surface area (Å²) in [6.45, 7) is 0.924. The van der Waals surface area contributed by atoms with Crippen molar-refractivity contribution in [3.63, 3.8) is 0 Å². The first-order chi connectivity index (χ1) is 7.64. The van der Waals surface area contributed by atoms with Crippen LogP contribution in [0, 0.1) is 0 Å². The van der Waals surface area contributed by atoms with Crippen LogP contribution >= 0.6 is 0 Å². The number of ether oxygens (including phenoxy) is 1. The maximum absolute atomic E-state index is 11.4. The van der Waals surface area contributed by atoms with E-state index in [0.29, 0.717) is 32.0 Å². The third-order valence-electron chi connectivity index (χ3n) is 2.93. The number of nitrogens with zero attached hydrogens (tertiary/aromatic N) is 2. The Bertz CT molecular complexity index is 382. The van der Waals surface area contributed by atoms with Crippen molar-refractivity contribution < 1.29 is 14.6 Å². The monoisotopic (exact) mass is 225 g/mol. The Morgan fingerprint density at radius 1 is 1.62 bits per heavy atom. The number of imidazole rings is 1. The molecule has 0 aliphatic carbocycles. The van der Waals surface area contributed by atoms with Crippen molar-refractivity contribution in [1.29, 1.82) is 0 Å². The van der Waals surface area contributed by atoms with E-state index in [9.17, 15) is 9.90 Å². The lowest BCUT2D eigenvalue weighted by molar-refractivity contribution is -0.145. The van der Waals surface area contributed by atoms with Crippen LogP contribution in [0.15, 0.2) is 12.4 Å². The van der Waals surface area contributed by atoms with Gasteiger partial charge in [-0.05, 0) is 0 Å². The lowest BCUT2D eigenvalue weighted by Gasteiger charge is -2.34. The molecule has 1 aromatic heterocycles. The van der Waals surface area contributed by atoms with E-state index in [2.05, 4.69) is 10.3 Å². The van der Waals surface area contributed by atoms with Crippen molar-refractivity contribution in [3.05, 3.63) is 12.4 Å². The lowest BCUT2D eigenvalue weighted by atomic mass is 9.90. The third-order valence-corrected chi connectivity index (χ3v) is 2.93. The smallest absolute Gasteiger partial charge is 0.329 e. The number of aryl methyl sites for hydroxylation is 1. The standard InChI is InChI=1S/C10H15N3O3/c1-13-5-4-11-9(13)12-10(8(14)15)2-6-16-7-3-10/h4-5H,2-3,6-7H2,1H3,(H,11,12)(H,14,15). The summed E-state index contributed by atoms with van der Waals surface area (Å²) in [7, 11) is 1.82. The second kappa shape index (κ2) is 4.13. The fourth-order valence-corrected chi connectivity index (χ4v) is 1.81. The summed E-state index contributed by atoms with van der Waals surface area (Å²) < 4.78 is 6.96. The minimum absolute atomic E-state index is 0.454. The molecule has 0 aromatic carbocycles. The fraction of sp³-hybridized carbons (Fsp3) is 0.600. The average molecular weight is 225 g/mol. The van der Waals surface area contributed by atoms with Gasteiger partial charge in [0.25, 0.3) is 0 Å². The number of aliphatic carboxylic acids is 1.